The standard InChI is InChI=1S/C14H28O/c1-4-7-13(15)10-9-12-8-5-6-11-14(12,2)3/h12-13,15H,4-11H2,1-3H3/t12-,13+/m1/s1. The second-order valence-electron chi connectivity index (χ2n) is 5.95. The minimum Gasteiger partial charge on any atom is -0.393 e. The summed E-state index contributed by atoms with van der Waals surface area (Å²) in [7, 11) is 0. The number of hydrogen-bond donors (Lipinski definition) is 1. The third kappa shape index (κ3) is 4.14. The molecular formula is C14H28O. The van der Waals surface area contributed by atoms with Crippen molar-refractivity contribution in [1.29, 1.82) is 0 Å². The maximum Gasteiger partial charge on any atom is 0.0540 e. The van der Waals surface area contributed by atoms with E-state index in [4.69, 9.17) is 0 Å². The minimum absolute atomic E-state index is 0.0484. The molecule has 1 aliphatic rings. The Morgan fingerprint density at radius 2 is 2.00 bits per heavy atom. The summed E-state index contributed by atoms with van der Waals surface area (Å²) in [5.74, 6) is 0.845. The van der Waals surface area contributed by atoms with Crippen molar-refractivity contribution < 1.29 is 5.11 Å². The first kappa shape index (κ1) is 13.0. The van der Waals surface area contributed by atoms with Crippen molar-refractivity contribution in [2.24, 2.45) is 11.3 Å². The van der Waals surface area contributed by atoms with E-state index in [1.807, 2.05) is 0 Å². The Kier molecular flexibility index (Phi) is 5.11. The van der Waals surface area contributed by atoms with Crippen LogP contribution in [0.2, 0.25) is 0 Å². The second-order valence-corrected chi connectivity index (χ2v) is 5.95. The van der Waals surface area contributed by atoms with Crippen LogP contribution in [0.5, 0.6) is 0 Å². The predicted molar refractivity (Wildman–Crippen MR) is 65.9 cm³/mol. The van der Waals surface area contributed by atoms with E-state index in [0.29, 0.717) is 5.41 Å². The molecule has 1 N–H and O–H groups in total. The van der Waals surface area contributed by atoms with Crippen molar-refractivity contribution >= 4 is 0 Å². The molecular weight excluding hydrogens is 184 g/mol. The third-order valence-corrected chi connectivity index (χ3v) is 4.20. The summed E-state index contributed by atoms with van der Waals surface area (Å²) in [6.07, 6.45) is 9.85. The molecule has 1 rings (SSSR count). The quantitative estimate of drug-likeness (QED) is 0.726. The van der Waals surface area contributed by atoms with Crippen LogP contribution >= 0.6 is 0 Å². The predicted octanol–water partition coefficient (Wildman–Crippen LogP) is 4.14. The van der Waals surface area contributed by atoms with Crippen LogP contribution in [0.4, 0.5) is 0 Å². The van der Waals surface area contributed by atoms with Crippen molar-refractivity contribution in [3.05, 3.63) is 0 Å². The highest BCUT2D eigenvalue weighted by molar-refractivity contribution is 4.82. The van der Waals surface area contributed by atoms with Crippen LogP contribution in [0.25, 0.3) is 0 Å². The molecule has 90 valence electrons. The zero-order chi connectivity index (χ0) is 11.3. The van der Waals surface area contributed by atoms with Crippen molar-refractivity contribution in [2.45, 2.75) is 78.2 Å². The molecule has 1 aliphatic carbocycles. The maximum absolute atomic E-state index is 9.75. The molecule has 0 aromatic heterocycles. The molecule has 1 heteroatoms. The molecule has 15 heavy (non-hydrogen) atoms. The molecule has 1 nitrogen and oxygen atoms in total. The first-order chi connectivity index (χ1) is 7.06. The van der Waals surface area contributed by atoms with Gasteiger partial charge in [-0.25, -0.2) is 0 Å². The largest absolute Gasteiger partial charge is 0.393 e. The number of aliphatic hydroxyl groups is 1. The Bertz CT molecular complexity index is 174. The van der Waals surface area contributed by atoms with Gasteiger partial charge in [0.1, 0.15) is 0 Å². The summed E-state index contributed by atoms with van der Waals surface area (Å²) in [5, 5.41) is 9.75. The Labute approximate surface area is 95.3 Å². The van der Waals surface area contributed by atoms with Gasteiger partial charge in [0.2, 0.25) is 0 Å². The van der Waals surface area contributed by atoms with Crippen molar-refractivity contribution in [1.82, 2.24) is 0 Å². The van der Waals surface area contributed by atoms with Gasteiger partial charge in [0.05, 0.1) is 6.10 Å². The summed E-state index contributed by atoms with van der Waals surface area (Å²) in [5.41, 5.74) is 0.518. The van der Waals surface area contributed by atoms with Gasteiger partial charge in [-0.3, -0.25) is 0 Å². The zero-order valence-corrected chi connectivity index (χ0v) is 10.8. The molecule has 0 aromatic carbocycles. The van der Waals surface area contributed by atoms with E-state index in [0.717, 1.165) is 25.2 Å². The summed E-state index contributed by atoms with van der Waals surface area (Å²) in [4.78, 5) is 0. The lowest BCUT2D eigenvalue weighted by Gasteiger charge is -2.39. The summed E-state index contributed by atoms with van der Waals surface area (Å²) in [6.45, 7) is 6.96. The van der Waals surface area contributed by atoms with E-state index >= 15 is 0 Å². The normalized spacial score (nSPS) is 27.6. The second kappa shape index (κ2) is 5.89. The molecule has 0 bridgehead atoms. The van der Waals surface area contributed by atoms with Gasteiger partial charge in [0.25, 0.3) is 0 Å². The lowest BCUT2D eigenvalue weighted by atomic mass is 9.67. The van der Waals surface area contributed by atoms with Crippen molar-refractivity contribution in [2.75, 3.05) is 0 Å². The first-order valence-electron chi connectivity index (χ1n) is 6.74. The fourth-order valence-electron chi connectivity index (χ4n) is 2.97. The van der Waals surface area contributed by atoms with E-state index in [1.54, 1.807) is 0 Å². The SMILES string of the molecule is CCC[C@H](O)CC[C@H]1CCCCC1(C)C. The molecule has 1 fully saturated rings. The molecule has 0 aromatic rings. The van der Waals surface area contributed by atoms with E-state index in [2.05, 4.69) is 20.8 Å². The van der Waals surface area contributed by atoms with Crippen LogP contribution < -0.4 is 0 Å². The third-order valence-electron chi connectivity index (χ3n) is 4.20. The molecule has 0 spiro atoms. The smallest absolute Gasteiger partial charge is 0.0540 e. The molecule has 0 saturated heterocycles. The average Bonchev–Trinajstić information content (AvgIpc) is 2.16. The number of aliphatic hydroxyl groups excluding tert-OH is 1. The Hall–Kier alpha value is -0.0400. The van der Waals surface area contributed by atoms with Gasteiger partial charge >= 0.3 is 0 Å². The van der Waals surface area contributed by atoms with Gasteiger partial charge in [-0.2, -0.15) is 0 Å². The molecule has 0 aliphatic heterocycles. The van der Waals surface area contributed by atoms with Crippen LogP contribution in [0, 0.1) is 11.3 Å². The first-order valence-corrected chi connectivity index (χ1v) is 6.74. The highest BCUT2D eigenvalue weighted by Gasteiger charge is 2.31. The lowest BCUT2D eigenvalue weighted by Crippen LogP contribution is -2.28. The van der Waals surface area contributed by atoms with E-state index in [9.17, 15) is 5.11 Å². The van der Waals surface area contributed by atoms with Gasteiger partial charge in [-0.15, -0.1) is 0 Å². The van der Waals surface area contributed by atoms with E-state index in [1.165, 1.54) is 32.1 Å². The average molecular weight is 212 g/mol. The molecule has 0 amide bonds. The molecule has 0 radical (unpaired) electrons. The molecule has 2 atom stereocenters. The molecule has 0 unspecified atom stereocenters. The fraction of sp³-hybridized carbons (Fsp3) is 1.00. The fourth-order valence-corrected chi connectivity index (χ4v) is 2.97. The van der Waals surface area contributed by atoms with Gasteiger partial charge in [-0.1, -0.05) is 40.0 Å². The Balaban J connectivity index is 2.30. The van der Waals surface area contributed by atoms with Crippen LogP contribution in [0.15, 0.2) is 0 Å². The molecule has 1 saturated carbocycles. The number of rotatable bonds is 5. The van der Waals surface area contributed by atoms with Crippen molar-refractivity contribution in [3.8, 4) is 0 Å². The minimum atomic E-state index is -0.0484. The van der Waals surface area contributed by atoms with Crippen LogP contribution in [-0.2, 0) is 0 Å². The highest BCUT2D eigenvalue weighted by Crippen LogP contribution is 2.43. The summed E-state index contributed by atoms with van der Waals surface area (Å²) < 4.78 is 0. The van der Waals surface area contributed by atoms with Gasteiger partial charge in [0, 0.05) is 0 Å². The highest BCUT2D eigenvalue weighted by atomic mass is 16.3. The van der Waals surface area contributed by atoms with Crippen LogP contribution in [0.1, 0.15) is 72.1 Å². The van der Waals surface area contributed by atoms with E-state index in [-0.39, 0.29) is 6.10 Å². The summed E-state index contributed by atoms with van der Waals surface area (Å²) in [6, 6.07) is 0. The van der Waals surface area contributed by atoms with E-state index < -0.39 is 0 Å². The summed E-state index contributed by atoms with van der Waals surface area (Å²) >= 11 is 0. The topological polar surface area (TPSA) is 20.2 Å². The lowest BCUT2D eigenvalue weighted by molar-refractivity contribution is 0.0929. The zero-order valence-electron chi connectivity index (χ0n) is 10.8. The van der Waals surface area contributed by atoms with Gasteiger partial charge in [-0.05, 0) is 43.4 Å². The van der Waals surface area contributed by atoms with Crippen molar-refractivity contribution in [3.63, 3.8) is 0 Å². The van der Waals surface area contributed by atoms with Gasteiger partial charge in [0.15, 0.2) is 0 Å². The van der Waals surface area contributed by atoms with Crippen LogP contribution in [-0.4, -0.2) is 11.2 Å². The molecule has 0 heterocycles. The van der Waals surface area contributed by atoms with Gasteiger partial charge < -0.3 is 5.11 Å². The maximum atomic E-state index is 9.75. The van der Waals surface area contributed by atoms with Crippen LogP contribution in [0.3, 0.4) is 0 Å². The number of hydrogen-bond acceptors (Lipinski definition) is 1. The Morgan fingerprint density at radius 1 is 1.27 bits per heavy atom. The Morgan fingerprint density at radius 3 is 2.60 bits per heavy atom. The monoisotopic (exact) mass is 212 g/mol.